The van der Waals surface area contributed by atoms with Gasteiger partial charge in [0.15, 0.2) is 0 Å². The van der Waals surface area contributed by atoms with E-state index in [1.807, 2.05) is 0 Å². The molecule has 5 N–H and O–H groups in total. The van der Waals surface area contributed by atoms with Crippen molar-refractivity contribution >= 4 is 35.4 Å². The molecule has 0 aliphatic carbocycles. The lowest BCUT2D eigenvalue weighted by Gasteiger charge is -2.10. The summed E-state index contributed by atoms with van der Waals surface area (Å²) in [4.78, 5) is 23.6. The van der Waals surface area contributed by atoms with Crippen LogP contribution in [0.4, 0.5) is 17.8 Å². The van der Waals surface area contributed by atoms with Crippen molar-refractivity contribution < 1.29 is 9.90 Å². The van der Waals surface area contributed by atoms with Gasteiger partial charge in [0.25, 0.3) is 0 Å². The van der Waals surface area contributed by atoms with E-state index < -0.39 is 0 Å². The Morgan fingerprint density at radius 3 is 2.26 bits per heavy atom. The van der Waals surface area contributed by atoms with Crippen molar-refractivity contribution in [1.82, 2.24) is 20.3 Å². The molecule has 0 saturated heterocycles. The molecule has 23 heavy (non-hydrogen) atoms. The first-order valence-corrected chi connectivity index (χ1v) is 7.57. The average Bonchev–Trinajstić information content (AvgIpc) is 2.57. The maximum atomic E-state index is 11.0. The van der Waals surface area contributed by atoms with E-state index in [1.165, 1.54) is 0 Å². The summed E-state index contributed by atoms with van der Waals surface area (Å²) >= 11 is 5.38. The molecule has 0 unspecified atom stereocenters. The van der Waals surface area contributed by atoms with E-state index in [0.29, 0.717) is 43.9 Å². The first-order valence-electron chi connectivity index (χ1n) is 7.04. The van der Waals surface area contributed by atoms with Crippen LogP contribution in [0.25, 0.3) is 0 Å². The van der Waals surface area contributed by atoms with Crippen LogP contribution < -0.4 is 21.3 Å². The SMILES string of the molecule is C#CCNc1nc(NCCCO)nc(NCCNC(=O)CCl)n1. The van der Waals surface area contributed by atoms with Gasteiger partial charge in [0.2, 0.25) is 23.8 Å². The standard InChI is InChI=1S/C13H20ClN7O2/c1-2-4-16-11-19-12(17-5-3-8-22)21-13(20-11)18-7-6-15-10(23)9-14/h1,22H,3-9H2,(H,15,23)(H3,16,17,18,19,20,21). The maximum Gasteiger partial charge on any atom is 0.234 e. The molecule has 1 aromatic rings. The fraction of sp³-hybridized carbons (Fsp3) is 0.538. The molecule has 0 aromatic carbocycles. The van der Waals surface area contributed by atoms with Crippen LogP contribution in [-0.2, 0) is 4.79 Å². The summed E-state index contributed by atoms with van der Waals surface area (Å²) in [6.45, 7) is 1.70. The predicted octanol–water partition coefficient (Wildman–Crippen LogP) is -0.522. The number of carbonyl (C=O) groups excluding carboxylic acids is 1. The number of hydrogen-bond acceptors (Lipinski definition) is 8. The van der Waals surface area contributed by atoms with Gasteiger partial charge in [-0.3, -0.25) is 4.79 Å². The van der Waals surface area contributed by atoms with Gasteiger partial charge in [-0.25, -0.2) is 0 Å². The van der Waals surface area contributed by atoms with Crippen LogP contribution in [0.1, 0.15) is 6.42 Å². The molecule has 0 aliphatic rings. The van der Waals surface area contributed by atoms with Crippen LogP contribution in [0.15, 0.2) is 0 Å². The number of halogens is 1. The zero-order chi connectivity index (χ0) is 16.9. The summed E-state index contributed by atoms with van der Waals surface area (Å²) in [6, 6.07) is 0. The van der Waals surface area contributed by atoms with Gasteiger partial charge in [0, 0.05) is 26.2 Å². The summed E-state index contributed by atoms with van der Waals surface area (Å²) in [5.74, 6) is 3.14. The molecule has 0 bridgehead atoms. The smallest absolute Gasteiger partial charge is 0.234 e. The highest BCUT2D eigenvalue weighted by Crippen LogP contribution is 2.08. The van der Waals surface area contributed by atoms with Gasteiger partial charge in [-0.2, -0.15) is 15.0 Å². The summed E-state index contributed by atoms with van der Waals surface area (Å²) in [5.41, 5.74) is 0. The topological polar surface area (TPSA) is 124 Å². The summed E-state index contributed by atoms with van der Waals surface area (Å²) in [5, 5.41) is 20.2. The Labute approximate surface area is 139 Å². The van der Waals surface area contributed by atoms with Gasteiger partial charge in [-0.05, 0) is 6.42 Å². The Hall–Kier alpha value is -2.31. The summed E-state index contributed by atoms with van der Waals surface area (Å²) in [6.07, 6.45) is 5.77. The molecule has 10 heteroatoms. The van der Waals surface area contributed by atoms with Crippen molar-refractivity contribution in [3.63, 3.8) is 0 Å². The molecule has 0 radical (unpaired) electrons. The number of alkyl halides is 1. The van der Waals surface area contributed by atoms with Gasteiger partial charge in [-0.15, -0.1) is 18.0 Å². The van der Waals surface area contributed by atoms with Crippen LogP contribution >= 0.6 is 11.6 Å². The third kappa shape index (κ3) is 8.04. The Balaban J connectivity index is 2.61. The van der Waals surface area contributed by atoms with E-state index in [0.717, 1.165) is 0 Å². The van der Waals surface area contributed by atoms with Gasteiger partial charge in [0.1, 0.15) is 5.88 Å². The number of aliphatic hydroxyl groups is 1. The molecule has 1 aromatic heterocycles. The number of aromatic nitrogens is 3. The second-order valence-corrected chi connectivity index (χ2v) is 4.55. The van der Waals surface area contributed by atoms with Gasteiger partial charge < -0.3 is 26.4 Å². The first-order chi connectivity index (χ1) is 11.2. The molecule has 9 nitrogen and oxygen atoms in total. The van der Waals surface area contributed by atoms with Gasteiger partial charge in [-0.1, -0.05) is 5.92 Å². The Morgan fingerprint density at radius 2 is 1.70 bits per heavy atom. The third-order valence-electron chi connectivity index (χ3n) is 2.45. The minimum Gasteiger partial charge on any atom is -0.396 e. The molecule has 1 heterocycles. The lowest BCUT2D eigenvalue weighted by atomic mass is 10.4. The second kappa shape index (κ2) is 11.3. The Bertz CT molecular complexity index is 536. The molecular weight excluding hydrogens is 322 g/mol. The van der Waals surface area contributed by atoms with E-state index in [4.69, 9.17) is 23.1 Å². The minimum atomic E-state index is -0.244. The fourth-order valence-electron chi connectivity index (χ4n) is 1.45. The van der Waals surface area contributed by atoms with Crippen molar-refractivity contribution in [2.45, 2.75) is 6.42 Å². The van der Waals surface area contributed by atoms with Crippen molar-refractivity contribution in [2.24, 2.45) is 0 Å². The number of carbonyl (C=O) groups is 1. The molecular formula is C13H20ClN7O2. The largest absolute Gasteiger partial charge is 0.396 e. The first kappa shape index (κ1) is 18.7. The molecule has 126 valence electrons. The lowest BCUT2D eigenvalue weighted by Crippen LogP contribution is -2.29. The normalized spacial score (nSPS) is 9.78. The lowest BCUT2D eigenvalue weighted by molar-refractivity contribution is -0.118. The number of amides is 1. The van der Waals surface area contributed by atoms with Crippen LogP contribution in [0.2, 0.25) is 0 Å². The maximum absolute atomic E-state index is 11.0. The number of terminal acetylenes is 1. The number of aliphatic hydroxyl groups excluding tert-OH is 1. The Morgan fingerprint density at radius 1 is 1.09 bits per heavy atom. The van der Waals surface area contributed by atoms with E-state index in [2.05, 4.69) is 42.1 Å². The van der Waals surface area contributed by atoms with E-state index in [1.54, 1.807) is 0 Å². The number of nitrogens with zero attached hydrogens (tertiary/aromatic N) is 3. The number of rotatable bonds is 11. The zero-order valence-corrected chi connectivity index (χ0v) is 13.4. The van der Waals surface area contributed by atoms with Crippen molar-refractivity contribution in [2.75, 3.05) is 54.6 Å². The van der Waals surface area contributed by atoms with E-state index in [-0.39, 0.29) is 24.9 Å². The summed E-state index contributed by atoms with van der Waals surface area (Å²) < 4.78 is 0. The van der Waals surface area contributed by atoms with Crippen LogP contribution in [0, 0.1) is 12.3 Å². The van der Waals surface area contributed by atoms with E-state index >= 15 is 0 Å². The van der Waals surface area contributed by atoms with E-state index in [9.17, 15) is 4.79 Å². The second-order valence-electron chi connectivity index (χ2n) is 4.28. The molecule has 1 rings (SSSR count). The number of hydrogen-bond donors (Lipinski definition) is 5. The van der Waals surface area contributed by atoms with Crippen LogP contribution in [0.5, 0.6) is 0 Å². The predicted molar refractivity (Wildman–Crippen MR) is 89.6 cm³/mol. The number of nitrogens with one attached hydrogen (secondary N) is 4. The Kier molecular flexibility index (Phi) is 9.19. The molecule has 0 fully saturated rings. The number of anilines is 3. The molecule has 0 aliphatic heterocycles. The van der Waals surface area contributed by atoms with Crippen LogP contribution in [0.3, 0.4) is 0 Å². The van der Waals surface area contributed by atoms with Gasteiger partial charge in [0.05, 0.1) is 6.54 Å². The summed E-state index contributed by atoms with van der Waals surface area (Å²) in [7, 11) is 0. The highest BCUT2D eigenvalue weighted by atomic mass is 35.5. The monoisotopic (exact) mass is 341 g/mol. The minimum absolute atomic E-state index is 0.0751. The molecule has 0 atom stereocenters. The van der Waals surface area contributed by atoms with Crippen molar-refractivity contribution in [1.29, 1.82) is 0 Å². The van der Waals surface area contributed by atoms with Crippen molar-refractivity contribution in [3.8, 4) is 12.3 Å². The molecule has 0 saturated carbocycles. The zero-order valence-electron chi connectivity index (χ0n) is 12.6. The average molecular weight is 342 g/mol. The molecule has 1 amide bonds. The highest BCUT2D eigenvalue weighted by Gasteiger charge is 2.06. The molecule has 0 spiro atoms. The highest BCUT2D eigenvalue weighted by molar-refractivity contribution is 6.27. The van der Waals surface area contributed by atoms with Gasteiger partial charge >= 0.3 is 0 Å². The van der Waals surface area contributed by atoms with Crippen molar-refractivity contribution in [3.05, 3.63) is 0 Å². The fourth-order valence-corrected chi connectivity index (χ4v) is 1.54. The van der Waals surface area contributed by atoms with Crippen LogP contribution in [-0.4, -0.2) is 64.6 Å². The third-order valence-corrected chi connectivity index (χ3v) is 2.70. The quantitative estimate of drug-likeness (QED) is 0.207.